The first kappa shape index (κ1) is 21.1. The molecule has 1 aliphatic rings. The van der Waals surface area contributed by atoms with Crippen LogP contribution >= 0.6 is 0 Å². The molecule has 0 saturated carbocycles. The molecule has 162 valence electrons. The molecule has 31 heavy (non-hydrogen) atoms. The van der Waals surface area contributed by atoms with Gasteiger partial charge in [-0.3, -0.25) is 9.69 Å². The minimum atomic E-state index is 0.00605. The second kappa shape index (κ2) is 9.75. The Bertz CT molecular complexity index is 1070. The van der Waals surface area contributed by atoms with Gasteiger partial charge in [-0.15, -0.1) is 0 Å². The van der Waals surface area contributed by atoms with Crippen molar-refractivity contribution in [2.24, 2.45) is 0 Å². The summed E-state index contributed by atoms with van der Waals surface area (Å²) in [4.78, 5) is 21.6. The van der Waals surface area contributed by atoms with E-state index in [1.165, 1.54) is 0 Å². The highest BCUT2D eigenvalue weighted by Crippen LogP contribution is 2.24. The van der Waals surface area contributed by atoms with Gasteiger partial charge in [-0.1, -0.05) is 30.3 Å². The lowest BCUT2D eigenvalue weighted by Crippen LogP contribution is -2.47. The zero-order valence-corrected chi connectivity index (χ0v) is 18.1. The Kier molecular flexibility index (Phi) is 6.62. The first-order valence-electron chi connectivity index (χ1n) is 10.8. The Morgan fingerprint density at radius 3 is 2.74 bits per heavy atom. The fraction of sp³-hybridized carbons (Fsp3) is 0.375. The number of para-hydroxylation sites is 1. The van der Waals surface area contributed by atoms with E-state index in [-0.39, 0.29) is 5.91 Å². The van der Waals surface area contributed by atoms with E-state index in [1.54, 1.807) is 6.08 Å². The Hall–Kier alpha value is -3.19. The van der Waals surface area contributed by atoms with Crippen LogP contribution in [0.5, 0.6) is 5.88 Å². The number of piperazine rings is 1. The average molecular weight is 421 g/mol. The molecule has 3 aromatic rings. The molecule has 0 unspecified atom stereocenters. The minimum absolute atomic E-state index is 0.00605. The summed E-state index contributed by atoms with van der Waals surface area (Å²) in [5, 5.41) is 5.08. The summed E-state index contributed by atoms with van der Waals surface area (Å²) in [7, 11) is 0. The summed E-state index contributed by atoms with van der Waals surface area (Å²) < 4.78 is 11.0. The number of fused-ring (bicyclic) bond motifs is 1. The van der Waals surface area contributed by atoms with Gasteiger partial charge in [-0.25, -0.2) is 4.98 Å². The maximum atomic E-state index is 12.8. The van der Waals surface area contributed by atoms with Gasteiger partial charge in [-0.05, 0) is 31.6 Å². The first-order valence-corrected chi connectivity index (χ1v) is 10.8. The van der Waals surface area contributed by atoms with Gasteiger partial charge in [0.15, 0.2) is 0 Å². The summed E-state index contributed by atoms with van der Waals surface area (Å²) in [5.41, 5.74) is 2.64. The van der Waals surface area contributed by atoms with E-state index in [0.717, 1.165) is 54.0 Å². The Balaban J connectivity index is 1.40. The lowest BCUT2D eigenvalue weighted by molar-refractivity contribution is -0.127. The molecule has 0 N–H and O–H groups in total. The molecular weight excluding hydrogens is 392 g/mol. The molecule has 7 heteroatoms. The molecule has 1 saturated heterocycles. The van der Waals surface area contributed by atoms with Crippen molar-refractivity contribution in [3.8, 4) is 5.88 Å². The molecule has 0 atom stereocenters. The number of amides is 1. The summed E-state index contributed by atoms with van der Waals surface area (Å²) >= 11 is 0. The van der Waals surface area contributed by atoms with Gasteiger partial charge in [-0.2, -0.15) is 0 Å². The van der Waals surface area contributed by atoms with Crippen LogP contribution in [0.1, 0.15) is 30.4 Å². The number of benzene rings is 1. The van der Waals surface area contributed by atoms with Crippen LogP contribution in [-0.2, 0) is 11.3 Å². The predicted octanol–water partition coefficient (Wildman–Crippen LogP) is 3.68. The van der Waals surface area contributed by atoms with Crippen molar-refractivity contribution in [2.45, 2.75) is 26.8 Å². The topological polar surface area (TPSA) is 71.7 Å². The van der Waals surface area contributed by atoms with Gasteiger partial charge in [0.2, 0.25) is 11.8 Å². The van der Waals surface area contributed by atoms with Gasteiger partial charge in [0.1, 0.15) is 5.76 Å². The smallest absolute Gasteiger partial charge is 0.246 e. The molecule has 3 heterocycles. The van der Waals surface area contributed by atoms with E-state index in [4.69, 9.17) is 9.26 Å². The van der Waals surface area contributed by atoms with Gasteiger partial charge < -0.3 is 14.2 Å². The molecule has 1 aromatic carbocycles. The van der Waals surface area contributed by atoms with Gasteiger partial charge >= 0.3 is 0 Å². The zero-order valence-electron chi connectivity index (χ0n) is 18.1. The number of carbonyl (C=O) groups is 1. The monoisotopic (exact) mass is 420 g/mol. The molecule has 0 aliphatic carbocycles. The number of nitrogens with zero attached hydrogens (tertiary/aromatic N) is 4. The van der Waals surface area contributed by atoms with E-state index in [2.05, 4.69) is 22.0 Å². The SMILES string of the molecule is CCCOc1nc2ccccc2cc1/C=C/C(=O)N1CCN(Cc2cc(C)on2)CC1. The largest absolute Gasteiger partial charge is 0.477 e. The number of carbonyl (C=O) groups excluding carboxylic acids is 1. The van der Waals surface area contributed by atoms with Crippen molar-refractivity contribution in [3.63, 3.8) is 0 Å². The van der Waals surface area contributed by atoms with Crippen LogP contribution < -0.4 is 4.74 Å². The number of pyridine rings is 1. The lowest BCUT2D eigenvalue weighted by atomic mass is 10.1. The third-order valence-electron chi connectivity index (χ3n) is 5.31. The maximum Gasteiger partial charge on any atom is 0.246 e. The zero-order chi connectivity index (χ0) is 21.6. The Morgan fingerprint density at radius 2 is 2.00 bits per heavy atom. The molecule has 1 amide bonds. The predicted molar refractivity (Wildman–Crippen MR) is 120 cm³/mol. The van der Waals surface area contributed by atoms with Crippen LogP contribution in [0.3, 0.4) is 0 Å². The second-order valence-corrected chi connectivity index (χ2v) is 7.79. The lowest BCUT2D eigenvalue weighted by Gasteiger charge is -2.33. The highest BCUT2D eigenvalue weighted by atomic mass is 16.5. The highest BCUT2D eigenvalue weighted by Gasteiger charge is 2.20. The van der Waals surface area contributed by atoms with E-state index in [0.29, 0.717) is 25.6 Å². The molecule has 1 fully saturated rings. The van der Waals surface area contributed by atoms with Crippen LogP contribution in [-0.4, -0.2) is 58.6 Å². The molecule has 0 radical (unpaired) electrons. The highest BCUT2D eigenvalue weighted by molar-refractivity contribution is 5.93. The molecule has 4 rings (SSSR count). The van der Waals surface area contributed by atoms with E-state index < -0.39 is 0 Å². The van der Waals surface area contributed by atoms with Crippen molar-refractivity contribution in [1.29, 1.82) is 0 Å². The third kappa shape index (κ3) is 5.30. The van der Waals surface area contributed by atoms with Crippen molar-refractivity contribution < 1.29 is 14.1 Å². The van der Waals surface area contributed by atoms with Crippen molar-refractivity contribution in [3.05, 3.63) is 59.5 Å². The Morgan fingerprint density at radius 1 is 1.19 bits per heavy atom. The van der Waals surface area contributed by atoms with Crippen molar-refractivity contribution in [2.75, 3.05) is 32.8 Å². The van der Waals surface area contributed by atoms with Crippen LogP contribution in [0.15, 0.2) is 47.0 Å². The molecule has 0 spiro atoms. The van der Waals surface area contributed by atoms with Crippen LogP contribution in [0.4, 0.5) is 0 Å². The fourth-order valence-corrected chi connectivity index (χ4v) is 3.66. The first-order chi connectivity index (χ1) is 15.1. The fourth-order valence-electron chi connectivity index (χ4n) is 3.66. The van der Waals surface area contributed by atoms with Crippen LogP contribution in [0.25, 0.3) is 17.0 Å². The number of hydrogen-bond donors (Lipinski definition) is 0. The summed E-state index contributed by atoms with van der Waals surface area (Å²) in [5.74, 6) is 1.39. The standard InChI is InChI=1S/C24H28N4O3/c1-3-14-30-24-20(16-19-6-4-5-7-22(19)25-24)8-9-23(29)28-12-10-27(11-13-28)17-21-15-18(2)31-26-21/h4-9,15-16H,3,10-14,17H2,1-2H3/b9-8+. The van der Waals surface area contributed by atoms with Crippen LogP contribution in [0, 0.1) is 6.92 Å². The average Bonchev–Trinajstić information content (AvgIpc) is 3.20. The second-order valence-electron chi connectivity index (χ2n) is 7.79. The number of aryl methyl sites for hydroxylation is 1. The van der Waals surface area contributed by atoms with Gasteiger partial charge in [0.25, 0.3) is 0 Å². The quantitative estimate of drug-likeness (QED) is 0.543. The van der Waals surface area contributed by atoms with E-state index in [9.17, 15) is 4.79 Å². The van der Waals surface area contributed by atoms with Gasteiger partial charge in [0, 0.05) is 55.8 Å². The van der Waals surface area contributed by atoms with Gasteiger partial charge in [0.05, 0.1) is 17.8 Å². The van der Waals surface area contributed by atoms with Crippen molar-refractivity contribution >= 4 is 22.9 Å². The minimum Gasteiger partial charge on any atom is -0.477 e. The third-order valence-corrected chi connectivity index (χ3v) is 5.31. The number of hydrogen-bond acceptors (Lipinski definition) is 6. The number of ether oxygens (including phenoxy) is 1. The Labute approximate surface area is 182 Å². The van der Waals surface area contributed by atoms with Crippen molar-refractivity contribution in [1.82, 2.24) is 19.9 Å². The van der Waals surface area contributed by atoms with Crippen LogP contribution in [0.2, 0.25) is 0 Å². The van der Waals surface area contributed by atoms with E-state index >= 15 is 0 Å². The summed E-state index contributed by atoms with van der Waals surface area (Å²) in [6, 6.07) is 11.9. The molecule has 7 nitrogen and oxygen atoms in total. The molecule has 1 aliphatic heterocycles. The molecule has 0 bridgehead atoms. The number of aromatic nitrogens is 2. The van der Waals surface area contributed by atoms with E-state index in [1.807, 2.05) is 54.3 Å². The maximum absolute atomic E-state index is 12.8. The summed E-state index contributed by atoms with van der Waals surface area (Å²) in [6.45, 7) is 8.29. The molecule has 2 aromatic heterocycles. The number of rotatable bonds is 7. The summed E-state index contributed by atoms with van der Waals surface area (Å²) in [6.07, 6.45) is 4.34. The normalized spacial score (nSPS) is 15.1. The molecular formula is C24H28N4O3.